The Bertz CT molecular complexity index is 1640. The Hall–Kier alpha value is -5.00. The first kappa shape index (κ1) is 25.3. The minimum absolute atomic E-state index is 1.06. The molecule has 0 amide bonds. The molecule has 0 fully saturated rings. The van der Waals surface area contributed by atoms with Gasteiger partial charge in [0, 0.05) is 40.1 Å². The normalized spacial score (nSPS) is 12.4. The average molecular weight is 517 g/mol. The molecule has 0 saturated carbocycles. The average Bonchev–Trinajstić information content (AvgIpc) is 3.00. The van der Waals surface area contributed by atoms with Crippen LogP contribution in [0.3, 0.4) is 0 Å². The highest BCUT2D eigenvalue weighted by Crippen LogP contribution is 2.37. The molecule has 0 aliphatic heterocycles. The van der Waals surface area contributed by atoms with Crippen LogP contribution in [0.2, 0.25) is 0 Å². The van der Waals surface area contributed by atoms with E-state index in [9.17, 15) is 0 Å². The summed E-state index contributed by atoms with van der Waals surface area (Å²) >= 11 is 0. The van der Waals surface area contributed by atoms with Crippen LogP contribution in [0.1, 0.15) is 24.0 Å². The SMILES string of the molecule is Cc1c#ccc(N(c2ccccc2)c2ccc(-c3ccc(N(C4=CCCC=C4)c4cccc(C)c4)cc3)cc2)c1. The fourth-order valence-electron chi connectivity index (χ4n) is 5.26. The van der Waals surface area contributed by atoms with Crippen molar-refractivity contribution in [1.29, 1.82) is 0 Å². The molecule has 0 radical (unpaired) electrons. The van der Waals surface area contributed by atoms with Crippen molar-refractivity contribution in [3.63, 3.8) is 0 Å². The van der Waals surface area contributed by atoms with Crippen molar-refractivity contribution in [2.75, 3.05) is 9.80 Å². The summed E-state index contributed by atoms with van der Waals surface area (Å²) in [7, 11) is 0. The maximum absolute atomic E-state index is 3.16. The van der Waals surface area contributed by atoms with Gasteiger partial charge in [0.1, 0.15) is 0 Å². The van der Waals surface area contributed by atoms with Crippen LogP contribution in [0.25, 0.3) is 11.1 Å². The fourth-order valence-corrected chi connectivity index (χ4v) is 5.26. The predicted molar refractivity (Wildman–Crippen MR) is 169 cm³/mol. The first-order valence-corrected chi connectivity index (χ1v) is 13.8. The van der Waals surface area contributed by atoms with E-state index in [-0.39, 0.29) is 0 Å². The fraction of sp³-hybridized carbons (Fsp3) is 0.105. The number of para-hydroxylation sites is 1. The van der Waals surface area contributed by atoms with Crippen molar-refractivity contribution in [2.24, 2.45) is 0 Å². The molecule has 5 aromatic rings. The van der Waals surface area contributed by atoms with Crippen LogP contribution in [0.5, 0.6) is 0 Å². The Labute approximate surface area is 238 Å². The van der Waals surface area contributed by atoms with E-state index < -0.39 is 0 Å². The monoisotopic (exact) mass is 516 g/mol. The minimum Gasteiger partial charge on any atom is -0.311 e. The number of hydrogen-bond acceptors (Lipinski definition) is 2. The van der Waals surface area contributed by atoms with Crippen molar-refractivity contribution in [3.05, 3.63) is 162 Å². The van der Waals surface area contributed by atoms with Crippen LogP contribution in [0.4, 0.5) is 28.4 Å². The van der Waals surface area contributed by atoms with Crippen LogP contribution in [-0.4, -0.2) is 0 Å². The van der Waals surface area contributed by atoms with Crippen LogP contribution in [0, 0.1) is 26.0 Å². The van der Waals surface area contributed by atoms with Gasteiger partial charge in [-0.2, -0.15) is 0 Å². The van der Waals surface area contributed by atoms with Gasteiger partial charge in [0.25, 0.3) is 0 Å². The number of aryl methyl sites for hydroxylation is 2. The maximum atomic E-state index is 3.16. The standard InChI is InChI=1S/C38H32N2/c1-29-11-9-17-37(27-29)39(33-13-5-3-6-14-33)35-23-19-31(20-24-35)32-21-25-36(26-22-32)40(34-15-7-4-8-16-34)38-18-10-12-30(2)28-38/h3,5-7,10,12-28H,4,8H2,1-2H3. The highest BCUT2D eigenvalue weighted by Gasteiger charge is 2.16. The second kappa shape index (κ2) is 11.4. The number of nitrogens with zero attached hydrogens (tertiary/aromatic N) is 2. The van der Waals surface area contributed by atoms with E-state index in [2.05, 4.69) is 157 Å². The first-order chi connectivity index (χ1) is 19.7. The summed E-state index contributed by atoms with van der Waals surface area (Å²) in [6, 6.07) is 47.3. The number of anilines is 5. The molecule has 40 heavy (non-hydrogen) atoms. The molecule has 0 atom stereocenters. The van der Waals surface area contributed by atoms with E-state index in [4.69, 9.17) is 0 Å². The Morgan fingerprint density at radius 2 is 1.23 bits per heavy atom. The van der Waals surface area contributed by atoms with Gasteiger partial charge in [-0.05, 0) is 104 Å². The van der Waals surface area contributed by atoms with E-state index in [0.717, 1.165) is 41.2 Å². The molecule has 194 valence electrons. The van der Waals surface area contributed by atoms with Crippen molar-refractivity contribution in [1.82, 2.24) is 0 Å². The van der Waals surface area contributed by atoms with E-state index in [1.807, 2.05) is 12.1 Å². The number of hydrogen-bond donors (Lipinski definition) is 0. The third kappa shape index (κ3) is 5.41. The summed E-state index contributed by atoms with van der Waals surface area (Å²) in [6.07, 6.45) is 9.00. The van der Waals surface area contributed by atoms with Crippen molar-refractivity contribution < 1.29 is 0 Å². The lowest BCUT2D eigenvalue weighted by molar-refractivity contribution is 0.997. The van der Waals surface area contributed by atoms with Crippen molar-refractivity contribution in [2.45, 2.75) is 26.7 Å². The van der Waals surface area contributed by atoms with E-state index in [0.29, 0.717) is 0 Å². The molecular formula is C38H32N2. The topological polar surface area (TPSA) is 6.48 Å². The molecule has 0 bridgehead atoms. The van der Waals surface area contributed by atoms with E-state index in [1.54, 1.807) is 0 Å². The quantitative estimate of drug-likeness (QED) is 0.212. The molecule has 0 unspecified atom stereocenters. The molecule has 6 rings (SSSR count). The summed E-state index contributed by atoms with van der Waals surface area (Å²) in [6.45, 7) is 4.20. The largest absolute Gasteiger partial charge is 0.311 e. The number of benzene rings is 4. The van der Waals surface area contributed by atoms with Gasteiger partial charge < -0.3 is 9.80 Å². The van der Waals surface area contributed by atoms with Gasteiger partial charge in [-0.15, -0.1) is 0 Å². The van der Waals surface area contributed by atoms with Gasteiger partial charge in [0.05, 0.1) is 5.69 Å². The smallest absolute Gasteiger partial charge is 0.0554 e. The highest BCUT2D eigenvalue weighted by atomic mass is 15.1. The zero-order valence-electron chi connectivity index (χ0n) is 23.0. The molecule has 1 aliphatic carbocycles. The van der Waals surface area contributed by atoms with Gasteiger partial charge in [0.2, 0.25) is 0 Å². The maximum Gasteiger partial charge on any atom is 0.0554 e. The Morgan fingerprint density at radius 1 is 0.575 bits per heavy atom. The minimum atomic E-state index is 1.06. The van der Waals surface area contributed by atoms with Gasteiger partial charge in [0.15, 0.2) is 0 Å². The molecule has 5 aromatic carbocycles. The number of rotatable bonds is 7. The van der Waals surface area contributed by atoms with Crippen molar-refractivity contribution in [3.8, 4) is 11.1 Å². The molecule has 0 N–H and O–H groups in total. The Morgan fingerprint density at radius 3 is 1.85 bits per heavy atom. The molecule has 0 heterocycles. The predicted octanol–water partition coefficient (Wildman–Crippen LogP) is 10.4. The van der Waals surface area contributed by atoms with Gasteiger partial charge in [-0.25, -0.2) is 0 Å². The molecule has 2 heteroatoms. The lowest BCUT2D eigenvalue weighted by Crippen LogP contribution is -2.16. The van der Waals surface area contributed by atoms with E-state index >= 15 is 0 Å². The van der Waals surface area contributed by atoms with Crippen LogP contribution in [0.15, 0.2) is 139 Å². The highest BCUT2D eigenvalue weighted by molar-refractivity contribution is 5.79. The van der Waals surface area contributed by atoms with Gasteiger partial charge in [-0.3, -0.25) is 0 Å². The van der Waals surface area contributed by atoms with Crippen LogP contribution < -0.4 is 9.80 Å². The zero-order chi connectivity index (χ0) is 27.3. The second-order valence-corrected chi connectivity index (χ2v) is 10.2. The summed E-state index contributed by atoms with van der Waals surface area (Å²) in [5.41, 5.74) is 11.5. The zero-order valence-corrected chi connectivity index (χ0v) is 23.0. The molecule has 1 aliphatic rings. The Balaban J connectivity index is 1.31. The third-order valence-corrected chi connectivity index (χ3v) is 7.20. The van der Waals surface area contributed by atoms with Crippen LogP contribution in [-0.2, 0) is 0 Å². The molecule has 0 aromatic heterocycles. The molecule has 0 saturated heterocycles. The Kier molecular flexibility index (Phi) is 7.20. The number of allylic oxidation sites excluding steroid dienone is 3. The summed E-state index contributed by atoms with van der Waals surface area (Å²) in [5, 5.41) is 0. The van der Waals surface area contributed by atoms with Gasteiger partial charge in [-0.1, -0.05) is 78.9 Å². The van der Waals surface area contributed by atoms with Crippen LogP contribution >= 0.6 is 0 Å². The second-order valence-electron chi connectivity index (χ2n) is 10.2. The third-order valence-electron chi connectivity index (χ3n) is 7.20. The molecule has 2 nitrogen and oxygen atoms in total. The summed E-state index contributed by atoms with van der Waals surface area (Å²) in [4.78, 5) is 4.61. The lowest BCUT2D eigenvalue weighted by Gasteiger charge is -2.28. The molecular weight excluding hydrogens is 484 g/mol. The molecule has 0 spiro atoms. The summed E-state index contributed by atoms with van der Waals surface area (Å²) in [5.74, 6) is 0. The van der Waals surface area contributed by atoms with Gasteiger partial charge >= 0.3 is 0 Å². The van der Waals surface area contributed by atoms with E-state index in [1.165, 1.54) is 28.1 Å². The summed E-state index contributed by atoms with van der Waals surface area (Å²) < 4.78 is 0. The van der Waals surface area contributed by atoms with Crippen molar-refractivity contribution >= 4 is 28.4 Å². The first-order valence-electron chi connectivity index (χ1n) is 13.8. The lowest BCUT2D eigenvalue weighted by atomic mass is 10.0.